The third-order valence-electron chi connectivity index (χ3n) is 4.49. The van der Waals surface area contributed by atoms with Crippen LogP contribution in [0.3, 0.4) is 0 Å². The van der Waals surface area contributed by atoms with Gasteiger partial charge in [0.1, 0.15) is 6.54 Å². The van der Waals surface area contributed by atoms with Gasteiger partial charge in [-0.25, -0.2) is 4.79 Å². The zero-order chi connectivity index (χ0) is 25.5. The van der Waals surface area contributed by atoms with Crippen molar-refractivity contribution in [2.24, 2.45) is 0 Å². The van der Waals surface area contributed by atoms with Crippen LogP contribution in [-0.2, 0) is 19.1 Å². The van der Waals surface area contributed by atoms with Crippen LogP contribution >= 0.6 is 50.3 Å². The summed E-state index contributed by atoms with van der Waals surface area (Å²) in [5, 5.41) is 2.13. The van der Waals surface area contributed by atoms with Crippen LogP contribution in [0.25, 0.3) is 6.08 Å². The van der Waals surface area contributed by atoms with Crippen LogP contribution in [0.15, 0.2) is 45.8 Å². The van der Waals surface area contributed by atoms with Gasteiger partial charge in [0, 0.05) is 9.26 Å². The predicted molar refractivity (Wildman–Crippen MR) is 143 cm³/mol. The number of nitrogens with zero attached hydrogens (tertiary/aromatic N) is 1. The van der Waals surface area contributed by atoms with Crippen LogP contribution < -0.4 is 14.8 Å². The summed E-state index contributed by atoms with van der Waals surface area (Å²) in [4.78, 5) is 50.2. The van der Waals surface area contributed by atoms with E-state index in [0.29, 0.717) is 21.5 Å². The SMILES string of the molecule is CCOC(=O)COc1c(Br)cc(/C=C2\SC(=O)N(CC(=O)Nc3ccc(I)cc3)C2=O)cc1OC. The number of benzene rings is 2. The van der Waals surface area contributed by atoms with Gasteiger partial charge in [-0.05, 0) is 105 Å². The summed E-state index contributed by atoms with van der Waals surface area (Å²) >= 11 is 6.26. The van der Waals surface area contributed by atoms with Crippen molar-refractivity contribution in [2.45, 2.75) is 6.92 Å². The lowest BCUT2D eigenvalue weighted by molar-refractivity contribution is -0.145. The van der Waals surface area contributed by atoms with Gasteiger partial charge < -0.3 is 19.5 Å². The van der Waals surface area contributed by atoms with Crippen LogP contribution in [-0.4, -0.2) is 54.8 Å². The normalized spacial score (nSPS) is 14.3. The molecule has 35 heavy (non-hydrogen) atoms. The molecule has 0 unspecified atom stereocenters. The highest BCUT2D eigenvalue weighted by molar-refractivity contribution is 14.1. The van der Waals surface area contributed by atoms with E-state index in [1.54, 1.807) is 31.2 Å². The Bertz CT molecular complexity index is 1190. The fraction of sp³-hybridized carbons (Fsp3) is 0.217. The predicted octanol–water partition coefficient (Wildman–Crippen LogP) is 4.68. The fourth-order valence-electron chi connectivity index (χ4n) is 2.96. The maximum atomic E-state index is 12.8. The number of thioether (sulfide) groups is 1. The van der Waals surface area contributed by atoms with E-state index in [1.807, 2.05) is 12.1 Å². The standard InChI is InChI=1S/C23H20BrIN2O7S/c1-3-33-20(29)12-34-21-16(24)8-13(9-17(21)32-2)10-18-22(30)27(23(31)35-18)11-19(28)26-15-6-4-14(25)5-7-15/h4-10H,3,11-12H2,1-2H3,(H,26,28)/b18-10-. The molecule has 0 bridgehead atoms. The largest absolute Gasteiger partial charge is 0.493 e. The Morgan fingerprint density at radius 3 is 2.57 bits per heavy atom. The highest BCUT2D eigenvalue weighted by Crippen LogP contribution is 2.39. The minimum atomic E-state index is -0.574. The van der Waals surface area contributed by atoms with E-state index in [2.05, 4.69) is 43.8 Å². The lowest BCUT2D eigenvalue weighted by atomic mass is 10.2. The summed E-state index contributed by atoms with van der Waals surface area (Å²) in [7, 11) is 1.43. The van der Waals surface area contributed by atoms with E-state index in [1.165, 1.54) is 13.2 Å². The molecule has 3 amide bonds. The van der Waals surface area contributed by atoms with Crippen molar-refractivity contribution in [3.63, 3.8) is 0 Å². The number of anilines is 1. The molecule has 2 aromatic carbocycles. The second-order valence-corrected chi connectivity index (χ2v) is 10.0. The molecule has 0 saturated carbocycles. The Kier molecular flexibility index (Phi) is 9.57. The van der Waals surface area contributed by atoms with Gasteiger partial charge in [-0.1, -0.05) is 0 Å². The first-order valence-electron chi connectivity index (χ1n) is 10.2. The lowest BCUT2D eigenvalue weighted by Gasteiger charge is -2.13. The third-order valence-corrected chi connectivity index (χ3v) is 6.71. The highest BCUT2D eigenvalue weighted by Gasteiger charge is 2.36. The fourth-order valence-corrected chi connectivity index (χ4v) is 4.73. The van der Waals surface area contributed by atoms with Gasteiger partial charge in [0.15, 0.2) is 18.1 Å². The number of carbonyl (C=O) groups excluding carboxylic acids is 4. The van der Waals surface area contributed by atoms with Crippen LogP contribution in [0.4, 0.5) is 10.5 Å². The topological polar surface area (TPSA) is 111 Å². The maximum Gasteiger partial charge on any atom is 0.344 e. The number of methoxy groups -OCH3 is 1. The Hall–Kier alpha value is -2.58. The molecule has 0 radical (unpaired) electrons. The molecule has 184 valence electrons. The van der Waals surface area contributed by atoms with E-state index in [4.69, 9.17) is 14.2 Å². The average Bonchev–Trinajstić information content (AvgIpc) is 3.07. The number of hydrogen-bond donors (Lipinski definition) is 1. The second kappa shape index (κ2) is 12.4. The minimum absolute atomic E-state index is 0.159. The second-order valence-electron chi connectivity index (χ2n) is 6.95. The Labute approximate surface area is 227 Å². The number of nitrogens with one attached hydrogen (secondary N) is 1. The van der Waals surface area contributed by atoms with Crippen molar-refractivity contribution >= 4 is 85.1 Å². The third kappa shape index (κ3) is 7.21. The summed E-state index contributed by atoms with van der Waals surface area (Å²) in [6.45, 7) is 1.23. The first kappa shape index (κ1) is 27.0. The monoisotopic (exact) mass is 674 g/mol. The van der Waals surface area contributed by atoms with E-state index in [0.717, 1.165) is 20.2 Å². The van der Waals surface area contributed by atoms with Crippen LogP contribution in [0.1, 0.15) is 12.5 Å². The molecule has 0 atom stereocenters. The van der Waals surface area contributed by atoms with Gasteiger partial charge in [0.2, 0.25) is 5.91 Å². The van der Waals surface area contributed by atoms with Crippen LogP contribution in [0.2, 0.25) is 0 Å². The molecule has 0 aliphatic carbocycles. The summed E-state index contributed by atoms with van der Waals surface area (Å²) in [5.74, 6) is -0.979. The van der Waals surface area contributed by atoms with Gasteiger partial charge in [-0.15, -0.1) is 0 Å². The lowest BCUT2D eigenvalue weighted by Crippen LogP contribution is -2.36. The average molecular weight is 675 g/mol. The molecule has 1 N–H and O–H groups in total. The summed E-state index contributed by atoms with van der Waals surface area (Å²) < 4.78 is 17.2. The zero-order valence-electron chi connectivity index (χ0n) is 18.6. The Morgan fingerprint density at radius 2 is 1.91 bits per heavy atom. The number of amides is 3. The quantitative estimate of drug-likeness (QED) is 0.232. The van der Waals surface area contributed by atoms with Crippen molar-refractivity contribution < 1.29 is 33.4 Å². The molecule has 1 aliphatic rings. The van der Waals surface area contributed by atoms with Gasteiger partial charge >= 0.3 is 5.97 Å². The van der Waals surface area contributed by atoms with Crippen LogP contribution in [0, 0.1) is 3.57 Å². The minimum Gasteiger partial charge on any atom is -0.493 e. The smallest absolute Gasteiger partial charge is 0.344 e. The number of rotatable bonds is 9. The molecule has 3 rings (SSSR count). The van der Waals surface area contributed by atoms with Gasteiger partial charge in [0.25, 0.3) is 11.1 Å². The van der Waals surface area contributed by atoms with Gasteiger partial charge in [0.05, 0.1) is 23.1 Å². The van der Waals surface area contributed by atoms with Gasteiger partial charge in [-0.2, -0.15) is 0 Å². The maximum absolute atomic E-state index is 12.8. The molecular formula is C23H20BrIN2O7S. The number of esters is 1. The highest BCUT2D eigenvalue weighted by atomic mass is 127. The summed E-state index contributed by atoms with van der Waals surface area (Å²) in [6.07, 6.45) is 1.52. The van der Waals surface area contributed by atoms with E-state index < -0.39 is 29.6 Å². The number of ether oxygens (including phenoxy) is 3. The Morgan fingerprint density at radius 1 is 1.20 bits per heavy atom. The number of carbonyl (C=O) groups is 4. The van der Waals surface area contributed by atoms with Crippen LogP contribution in [0.5, 0.6) is 11.5 Å². The number of imide groups is 1. The number of hydrogen-bond acceptors (Lipinski definition) is 8. The molecule has 0 aromatic heterocycles. The molecule has 0 spiro atoms. The summed E-state index contributed by atoms with van der Waals surface area (Å²) in [5.41, 5.74) is 1.12. The Balaban J connectivity index is 1.72. The van der Waals surface area contributed by atoms with Gasteiger partial charge in [-0.3, -0.25) is 19.3 Å². The van der Waals surface area contributed by atoms with Crippen molar-refractivity contribution in [3.8, 4) is 11.5 Å². The molecule has 12 heteroatoms. The van der Waals surface area contributed by atoms with Crippen molar-refractivity contribution in [2.75, 3.05) is 32.2 Å². The molecule has 9 nitrogen and oxygen atoms in total. The van der Waals surface area contributed by atoms with Crippen molar-refractivity contribution in [1.29, 1.82) is 0 Å². The van der Waals surface area contributed by atoms with Crippen molar-refractivity contribution in [1.82, 2.24) is 4.90 Å². The first-order valence-corrected chi connectivity index (χ1v) is 12.9. The van der Waals surface area contributed by atoms with E-state index >= 15 is 0 Å². The summed E-state index contributed by atoms with van der Waals surface area (Å²) in [6, 6.07) is 10.4. The molecule has 1 aliphatic heterocycles. The number of halogens is 2. The first-order chi connectivity index (χ1) is 16.7. The molecule has 1 fully saturated rings. The van der Waals surface area contributed by atoms with E-state index in [9.17, 15) is 19.2 Å². The molecule has 1 heterocycles. The van der Waals surface area contributed by atoms with E-state index in [-0.39, 0.29) is 23.9 Å². The van der Waals surface area contributed by atoms with Crippen molar-refractivity contribution in [3.05, 3.63) is 54.9 Å². The molecular weight excluding hydrogens is 655 g/mol. The zero-order valence-corrected chi connectivity index (χ0v) is 23.2. The molecule has 2 aromatic rings. The molecule has 1 saturated heterocycles.